The molecule has 148 valence electrons. The van der Waals surface area contributed by atoms with E-state index in [9.17, 15) is 9.59 Å². The van der Waals surface area contributed by atoms with Gasteiger partial charge >= 0.3 is 5.97 Å². The van der Waals surface area contributed by atoms with Crippen molar-refractivity contribution < 1.29 is 19.4 Å². The van der Waals surface area contributed by atoms with Gasteiger partial charge in [0.25, 0.3) is 0 Å². The molecule has 1 saturated heterocycles. The van der Waals surface area contributed by atoms with Gasteiger partial charge in [0, 0.05) is 25.6 Å². The lowest BCUT2D eigenvalue weighted by molar-refractivity contribution is -0.143. The average Bonchev–Trinajstić information content (AvgIpc) is 3.47. The Bertz CT molecular complexity index is 878. The molecule has 0 radical (unpaired) electrons. The van der Waals surface area contributed by atoms with Crippen molar-refractivity contribution in [2.75, 3.05) is 39.8 Å². The normalized spacial score (nSPS) is 24.5. The Balaban J connectivity index is 1.39. The minimum Gasteiger partial charge on any atom is -0.480 e. The van der Waals surface area contributed by atoms with Crippen LogP contribution in [0.2, 0.25) is 0 Å². The van der Waals surface area contributed by atoms with Gasteiger partial charge in [-0.25, -0.2) is 0 Å². The maximum Gasteiger partial charge on any atom is 0.317 e. The van der Waals surface area contributed by atoms with Crippen LogP contribution in [0.3, 0.4) is 0 Å². The highest BCUT2D eigenvalue weighted by atomic mass is 16.5. The molecule has 4 rings (SSSR count). The highest BCUT2D eigenvalue weighted by Crippen LogP contribution is 2.50. The maximum atomic E-state index is 13.1. The molecule has 1 aliphatic heterocycles. The molecule has 2 aromatic rings. The first-order chi connectivity index (χ1) is 13.5. The summed E-state index contributed by atoms with van der Waals surface area (Å²) < 4.78 is 5.75. The van der Waals surface area contributed by atoms with Crippen LogP contribution in [0.25, 0.3) is 10.8 Å². The highest BCUT2D eigenvalue weighted by Gasteiger charge is 2.47. The van der Waals surface area contributed by atoms with Gasteiger partial charge in [-0.05, 0) is 35.7 Å². The Hall–Kier alpha value is -2.44. The van der Waals surface area contributed by atoms with Gasteiger partial charge in [-0.15, -0.1) is 0 Å². The molecule has 0 aromatic heterocycles. The number of amides is 1. The van der Waals surface area contributed by atoms with Crippen LogP contribution in [-0.2, 0) is 14.3 Å². The van der Waals surface area contributed by atoms with Crippen molar-refractivity contribution in [1.29, 1.82) is 0 Å². The number of aliphatic carboxylic acids is 1. The number of nitrogens with zero attached hydrogens (tertiary/aromatic N) is 2. The predicted molar refractivity (Wildman–Crippen MR) is 106 cm³/mol. The molecule has 28 heavy (non-hydrogen) atoms. The number of ether oxygens (including phenoxy) is 1. The van der Waals surface area contributed by atoms with Crippen molar-refractivity contribution in [1.82, 2.24) is 9.80 Å². The average molecular weight is 382 g/mol. The SMILES string of the molecule is CN(CC(=O)O)CC1CN(C(=O)C2CC2c2cccc3ccccc23)CCO1. The minimum atomic E-state index is -0.859. The number of likely N-dealkylation sites (N-methyl/N-ethyl adjacent to an activating group) is 1. The van der Waals surface area contributed by atoms with Crippen molar-refractivity contribution in [3.8, 4) is 0 Å². The third-order valence-corrected chi connectivity index (χ3v) is 5.70. The Labute approximate surface area is 164 Å². The molecule has 1 N–H and O–H groups in total. The second-order valence-electron chi connectivity index (χ2n) is 7.88. The minimum absolute atomic E-state index is 0.0282. The lowest BCUT2D eigenvalue weighted by Crippen LogP contribution is -2.50. The summed E-state index contributed by atoms with van der Waals surface area (Å²) >= 11 is 0. The molecular formula is C22H26N2O4. The van der Waals surface area contributed by atoms with Crippen LogP contribution in [0.15, 0.2) is 42.5 Å². The second-order valence-corrected chi connectivity index (χ2v) is 7.88. The van der Waals surface area contributed by atoms with Crippen molar-refractivity contribution >= 4 is 22.6 Å². The van der Waals surface area contributed by atoms with Crippen molar-refractivity contribution in [3.63, 3.8) is 0 Å². The van der Waals surface area contributed by atoms with Gasteiger partial charge in [0.2, 0.25) is 5.91 Å². The zero-order valence-corrected chi connectivity index (χ0v) is 16.1. The number of carboxylic acids is 1. The highest BCUT2D eigenvalue weighted by molar-refractivity contribution is 5.89. The number of morpholine rings is 1. The number of rotatable bonds is 6. The number of carboxylic acid groups (broad SMARTS) is 1. The quantitative estimate of drug-likeness (QED) is 0.829. The Kier molecular flexibility index (Phi) is 5.33. The van der Waals surface area contributed by atoms with Gasteiger partial charge < -0.3 is 14.7 Å². The summed E-state index contributed by atoms with van der Waals surface area (Å²) in [6, 6.07) is 14.6. The van der Waals surface area contributed by atoms with E-state index < -0.39 is 5.97 Å². The fourth-order valence-electron chi connectivity index (χ4n) is 4.29. The largest absolute Gasteiger partial charge is 0.480 e. The van der Waals surface area contributed by atoms with E-state index in [4.69, 9.17) is 9.84 Å². The summed E-state index contributed by atoms with van der Waals surface area (Å²) in [6.07, 6.45) is 0.755. The second kappa shape index (κ2) is 7.89. The van der Waals surface area contributed by atoms with E-state index in [2.05, 4.69) is 30.3 Å². The zero-order chi connectivity index (χ0) is 19.7. The zero-order valence-electron chi connectivity index (χ0n) is 16.1. The molecule has 1 heterocycles. The molecular weight excluding hydrogens is 356 g/mol. The van der Waals surface area contributed by atoms with Crippen molar-refractivity contribution in [3.05, 3.63) is 48.0 Å². The standard InChI is InChI=1S/C22H26N2O4/c1-23(14-21(25)26)12-16-13-24(9-10-28-16)22(27)20-11-19(20)18-8-4-6-15-5-2-3-7-17(15)18/h2-8,16,19-20H,9-14H2,1H3,(H,25,26). The number of fused-ring (bicyclic) bond motifs is 1. The summed E-state index contributed by atoms with van der Waals surface area (Å²) in [5, 5.41) is 11.4. The molecule has 1 aliphatic carbocycles. The first kappa shape index (κ1) is 18.9. The predicted octanol–water partition coefficient (Wildman–Crippen LogP) is 2.19. The van der Waals surface area contributed by atoms with Gasteiger partial charge in [-0.1, -0.05) is 42.5 Å². The Morgan fingerprint density at radius 2 is 2.00 bits per heavy atom. The van der Waals surface area contributed by atoms with Crippen LogP contribution in [0.1, 0.15) is 17.9 Å². The van der Waals surface area contributed by atoms with E-state index in [1.54, 1.807) is 11.9 Å². The Morgan fingerprint density at radius 3 is 2.82 bits per heavy atom. The molecule has 3 atom stereocenters. The fourth-order valence-corrected chi connectivity index (χ4v) is 4.29. The van der Waals surface area contributed by atoms with Gasteiger partial charge in [-0.2, -0.15) is 0 Å². The lowest BCUT2D eigenvalue weighted by Gasteiger charge is -2.34. The van der Waals surface area contributed by atoms with Gasteiger partial charge in [0.05, 0.1) is 19.3 Å². The molecule has 6 nitrogen and oxygen atoms in total. The van der Waals surface area contributed by atoms with Gasteiger partial charge in [0.1, 0.15) is 0 Å². The molecule has 2 aliphatic rings. The molecule has 0 spiro atoms. The van der Waals surface area contributed by atoms with E-state index in [1.165, 1.54) is 16.3 Å². The Morgan fingerprint density at radius 1 is 1.21 bits per heavy atom. The fraction of sp³-hybridized carbons (Fsp3) is 0.455. The third-order valence-electron chi connectivity index (χ3n) is 5.70. The number of carbonyl (C=O) groups is 2. The van der Waals surface area contributed by atoms with Crippen LogP contribution in [-0.4, -0.2) is 72.7 Å². The van der Waals surface area contributed by atoms with E-state index >= 15 is 0 Å². The number of hydrogen-bond acceptors (Lipinski definition) is 4. The molecule has 0 bridgehead atoms. The molecule has 1 amide bonds. The summed E-state index contributed by atoms with van der Waals surface area (Å²) in [4.78, 5) is 27.5. The topological polar surface area (TPSA) is 70.1 Å². The smallest absolute Gasteiger partial charge is 0.317 e. The maximum absolute atomic E-state index is 13.1. The molecule has 3 unspecified atom stereocenters. The monoisotopic (exact) mass is 382 g/mol. The molecule has 2 aromatic carbocycles. The van der Waals surface area contributed by atoms with E-state index in [-0.39, 0.29) is 30.4 Å². The lowest BCUT2D eigenvalue weighted by atomic mass is 10.00. The number of hydrogen-bond donors (Lipinski definition) is 1. The molecule has 2 fully saturated rings. The first-order valence-electron chi connectivity index (χ1n) is 9.81. The third kappa shape index (κ3) is 4.03. The molecule has 1 saturated carbocycles. The first-order valence-corrected chi connectivity index (χ1v) is 9.81. The van der Waals surface area contributed by atoms with E-state index in [0.717, 1.165) is 6.42 Å². The number of benzene rings is 2. The van der Waals surface area contributed by atoms with Crippen LogP contribution < -0.4 is 0 Å². The summed E-state index contributed by atoms with van der Waals surface area (Å²) in [5.41, 5.74) is 1.27. The molecule has 6 heteroatoms. The van der Waals surface area contributed by atoms with E-state index in [1.807, 2.05) is 17.0 Å². The van der Waals surface area contributed by atoms with Crippen LogP contribution in [0.5, 0.6) is 0 Å². The van der Waals surface area contributed by atoms with Gasteiger partial charge in [0.15, 0.2) is 0 Å². The van der Waals surface area contributed by atoms with Crippen LogP contribution >= 0.6 is 0 Å². The van der Waals surface area contributed by atoms with E-state index in [0.29, 0.717) is 26.2 Å². The number of carbonyl (C=O) groups excluding carboxylic acids is 1. The summed E-state index contributed by atoms with van der Waals surface area (Å²) in [5.74, 6) is -0.329. The van der Waals surface area contributed by atoms with Crippen LogP contribution in [0, 0.1) is 5.92 Å². The van der Waals surface area contributed by atoms with Gasteiger partial charge in [-0.3, -0.25) is 14.5 Å². The van der Waals surface area contributed by atoms with Crippen molar-refractivity contribution in [2.24, 2.45) is 5.92 Å². The van der Waals surface area contributed by atoms with Crippen LogP contribution in [0.4, 0.5) is 0 Å². The summed E-state index contributed by atoms with van der Waals surface area (Å²) in [6.45, 7) is 2.12. The van der Waals surface area contributed by atoms with Crippen molar-refractivity contribution in [2.45, 2.75) is 18.4 Å². The summed E-state index contributed by atoms with van der Waals surface area (Å²) in [7, 11) is 1.76.